The molecule has 0 atom stereocenters. The van der Waals surface area contributed by atoms with E-state index in [4.69, 9.17) is 4.74 Å². The standard InChI is InChI=1S/C19H18O2/c1-16(18-12-6-3-7-13-18)15-21-19(20)14-8-11-17-9-4-2-5-10-17/h2-13H,1,14-15H2. The Morgan fingerprint density at radius 1 is 1.00 bits per heavy atom. The molecule has 0 aromatic heterocycles. The summed E-state index contributed by atoms with van der Waals surface area (Å²) in [5.41, 5.74) is 2.86. The lowest BCUT2D eigenvalue weighted by atomic mass is 10.1. The Bertz CT molecular complexity index is 613. The zero-order valence-corrected chi connectivity index (χ0v) is 11.9. The van der Waals surface area contributed by atoms with Gasteiger partial charge in [0.1, 0.15) is 6.61 Å². The Morgan fingerprint density at radius 3 is 2.29 bits per heavy atom. The lowest BCUT2D eigenvalue weighted by molar-refractivity contribution is -0.141. The summed E-state index contributed by atoms with van der Waals surface area (Å²) in [6.07, 6.45) is 3.98. The lowest BCUT2D eigenvalue weighted by Gasteiger charge is -2.06. The first-order chi connectivity index (χ1) is 10.3. The molecule has 2 rings (SSSR count). The average molecular weight is 278 g/mol. The van der Waals surface area contributed by atoms with Crippen molar-refractivity contribution < 1.29 is 9.53 Å². The predicted octanol–water partition coefficient (Wildman–Crippen LogP) is 4.35. The van der Waals surface area contributed by atoms with Gasteiger partial charge in [-0.05, 0) is 16.7 Å². The van der Waals surface area contributed by atoms with Gasteiger partial charge in [0.2, 0.25) is 0 Å². The van der Waals surface area contributed by atoms with Crippen molar-refractivity contribution in [1.29, 1.82) is 0 Å². The monoisotopic (exact) mass is 278 g/mol. The minimum atomic E-state index is -0.251. The van der Waals surface area contributed by atoms with Crippen LogP contribution in [0.4, 0.5) is 0 Å². The van der Waals surface area contributed by atoms with Gasteiger partial charge in [-0.25, -0.2) is 0 Å². The minimum Gasteiger partial charge on any atom is -0.461 e. The third kappa shape index (κ3) is 5.11. The van der Waals surface area contributed by atoms with Gasteiger partial charge in [0, 0.05) is 0 Å². The molecular weight excluding hydrogens is 260 g/mol. The average Bonchev–Trinajstić information content (AvgIpc) is 2.54. The third-order valence-corrected chi connectivity index (χ3v) is 2.98. The maximum absolute atomic E-state index is 11.7. The number of rotatable bonds is 6. The Morgan fingerprint density at radius 2 is 1.62 bits per heavy atom. The summed E-state index contributed by atoms with van der Waals surface area (Å²) in [7, 11) is 0. The van der Waals surface area contributed by atoms with Crippen molar-refractivity contribution in [2.24, 2.45) is 0 Å². The molecule has 0 fully saturated rings. The van der Waals surface area contributed by atoms with Gasteiger partial charge < -0.3 is 4.74 Å². The van der Waals surface area contributed by atoms with Crippen LogP contribution >= 0.6 is 0 Å². The molecule has 0 bridgehead atoms. The molecule has 0 N–H and O–H groups in total. The fraction of sp³-hybridized carbons (Fsp3) is 0.105. The van der Waals surface area contributed by atoms with Crippen molar-refractivity contribution in [1.82, 2.24) is 0 Å². The Labute approximate surface area is 125 Å². The second-order valence-corrected chi connectivity index (χ2v) is 4.65. The van der Waals surface area contributed by atoms with Gasteiger partial charge in [-0.3, -0.25) is 4.79 Å². The summed E-state index contributed by atoms with van der Waals surface area (Å²) >= 11 is 0. The molecule has 2 aromatic carbocycles. The summed E-state index contributed by atoms with van der Waals surface area (Å²) in [5.74, 6) is -0.251. The Hall–Kier alpha value is -2.61. The molecule has 0 heterocycles. The Kier molecular flexibility index (Phi) is 5.53. The SMILES string of the molecule is C=C(COC(=O)CC=Cc1ccccc1)c1ccccc1. The zero-order valence-electron chi connectivity index (χ0n) is 11.9. The number of hydrogen-bond donors (Lipinski definition) is 0. The van der Waals surface area contributed by atoms with Crippen LogP contribution in [0.15, 0.2) is 73.3 Å². The highest BCUT2D eigenvalue weighted by Gasteiger charge is 2.03. The number of carbonyl (C=O) groups excluding carboxylic acids is 1. The van der Waals surface area contributed by atoms with Crippen LogP contribution in [0.5, 0.6) is 0 Å². The molecule has 2 nitrogen and oxygen atoms in total. The highest BCUT2D eigenvalue weighted by Crippen LogP contribution is 2.12. The van der Waals surface area contributed by atoms with Crippen LogP contribution in [0.2, 0.25) is 0 Å². The predicted molar refractivity (Wildman–Crippen MR) is 86.5 cm³/mol. The molecule has 0 aliphatic heterocycles. The van der Waals surface area contributed by atoms with Crippen LogP contribution in [0, 0.1) is 0 Å². The molecule has 21 heavy (non-hydrogen) atoms. The van der Waals surface area contributed by atoms with Crippen LogP contribution < -0.4 is 0 Å². The van der Waals surface area contributed by atoms with E-state index in [1.54, 1.807) is 0 Å². The van der Waals surface area contributed by atoms with Crippen LogP contribution in [0.3, 0.4) is 0 Å². The van der Waals surface area contributed by atoms with Gasteiger partial charge in [0.25, 0.3) is 0 Å². The van der Waals surface area contributed by atoms with Gasteiger partial charge >= 0.3 is 5.97 Å². The first-order valence-corrected chi connectivity index (χ1v) is 6.86. The van der Waals surface area contributed by atoms with Crippen LogP contribution in [0.25, 0.3) is 11.6 Å². The van der Waals surface area contributed by atoms with E-state index in [1.807, 2.05) is 72.8 Å². The van der Waals surface area contributed by atoms with Crippen LogP contribution in [-0.4, -0.2) is 12.6 Å². The molecule has 0 amide bonds. The molecule has 0 saturated carbocycles. The number of benzene rings is 2. The smallest absolute Gasteiger partial charge is 0.309 e. The fourth-order valence-electron chi connectivity index (χ4n) is 1.84. The first kappa shape index (κ1) is 14.8. The van der Waals surface area contributed by atoms with Gasteiger partial charge in [-0.2, -0.15) is 0 Å². The molecule has 2 aromatic rings. The van der Waals surface area contributed by atoms with Gasteiger partial charge in [0.15, 0.2) is 0 Å². The summed E-state index contributed by atoms with van der Waals surface area (Å²) in [6.45, 7) is 4.15. The van der Waals surface area contributed by atoms with Crippen LogP contribution in [0.1, 0.15) is 17.5 Å². The van der Waals surface area contributed by atoms with Crippen molar-refractivity contribution >= 4 is 17.6 Å². The van der Waals surface area contributed by atoms with Crippen molar-refractivity contribution in [3.8, 4) is 0 Å². The molecule has 0 radical (unpaired) electrons. The maximum atomic E-state index is 11.7. The van der Waals surface area contributed by atoms with E-state index in [-0.39, 0.29) is 19.0 Å². The van der Waals surface area contributed by atoms with E-state index in [1.165, 1.54) is 0 Å². The summed E-state index contributed by atoms with van der Waals surface area (Å²) in [6, 6.07) is 19.6. The van der Waals surface area contributed by atoms with E-state index in [2.05, 4.69) is 6.58 Å². The Balaban J connectivity index is 1.75. The van der Waals surface area contributed by atoms with Crippen molar-refractivity contribution in [3.05, 3.63) is 84.4 Å². The number of esters is 1. The topological polar surface area (TPSA) is 26.3 Å². The molecule has 106 valence electrons. The van der Waals surface area contributed by atoms with Crippen LogP contribution in [-0.2, 0) is 9.53 Å². The van der Waals surface area contributed by atoms with E-state index in [0.717, 1.165) is 16.7 Å². The summed E-state index contributed by atoms with van der Waals surface area (Å²) in [4.78, 5) is 11.7. The van der Waals surface area contributed by atoms with Gasteiger partial charge in [-0.15, -0.1) is 0 Å². The van der Waals surface area contributed by atoms with Gasteiger partial charge in [0.05, 0.1) is 6.42 Å². The quantitative estimate of drug-likeness (QED) is 0.734. The van der Waals surface area contributed by atoms with E-state index in [9.17, 15) is 4.79 Å². The summed E-state index contributed by atoms with van der Waals surface area (Å²) < 4.78 is 5.21. The normalized spacial score (nSPS) is 10.5. The second kappa shape index (κ2) is 7.85. The first-order valence-electron chi connectivity index (χ1n) is 6.86. The highest BCUT2D eigenvalue weighted by atomic mass is 16.5. The molecule has 0 saturated heterocycles. The molecule has 0 spiro atoms. The molecule has 0 aliphatic carbocycles. The largest absolute Gasteiger partial charge is 0.461 e. The van der Waals surface area contributed by atoms with Crippen molar-refractivity contribution in [2.45, 2.75) is 6.42 Å². The van der Waals surface area contributed by atoms with Gasteiger partial charge in [-0.1, -0.05) is 79.4 Å². The van der Waals surface area contributed by atoms with E-state index >= 15 is 0 Å². The highest BCUT2D eigenvalue weighted by molar-refractivity contribution is 5.74. The molecule has 2 heteroatoms. The fourth-order valence-corrected chi connectivity index (χ4v) is 1.84. The summed E-state index contributed by atoms with van der Waals surface area (Å²) in [5, 5.41) is 0. The zero-order chi connectivity index (χ0) is 14.9. The van der Waals surface area contributed by atoms with Crippen molar-refractivity contribution in [3.63, 3.8) is 0 Å². The van der Waals surface area contributed by atoms with Crippen molar-refractivity contribution in [2.75, 3.05) is 6.61 Å². The molecule has 0 unspecified atom stereocenters. The maximum Gasteiger partial charge on any atom is 0.309 e. The number of ether oxygens (including phenoxy) is 1. The second-order valence-electron chi connectivity index (χ2n) is 4.65. The van der Waals surface area contributed by atoms with E-state index < -0.39 is 0 Å². The molecule has 0 aliphatic rings. The minimum absolute atomic E-state index is 0.224. The lowest BCUT2D eigenvalue weighted by Crippen LogP contribution is -2.05. The third-order valence-electron chi connectivity index (χ3n) is 2.98. The number of hydrogen-bond acceptors (Lipinski definition) is 2. The van der Waals surface area contributed by atoms with E-state index in [0.29, 0.717) is 0 Å². The number of carbonyl (C=O) groups is 1. The molecular formula is C19H18O2.